The standard InChI is InChI=1S/C13H15FO2/c1-8-3-4-10(14)9(2)12(8)13(5-6-13)7-11(15)16/h3-4H,5-7H2,1-2H3,(H,15,16). The van der Waals surface area contributed by atoms with Crippen molar-refractivity contribution >= 4 is 5.97 Å². The number of aryl methyl sites for hydroxylation is 1. The van der Waals surface area contributed by atoms with Crippen molar-refractivity contribution in [1.82, 2.24) is 0 Å². The Hall–Kier alpha value is -1.38. The first kappa shape index (κ1) is 11.1. The molecule has 1 aromatic carbocycles. The molecular weight excluding hydrogens is 207 g/mol. The summed E-state index contributed by atoms with van der Waals surface area (Å²) in [4.78, 5) is 10.8. The van der Waals surface area contributed by atoms with Gasteiger partial charge in [-0.25, -0.2) is 4.39 Å². The highest BCUT2D eigenvalue weighted by Crippen LogP contribution is 2.53. The van der Waals surface area contributed by atoms with E-state index in [0.717, 1.165) is 24.0 Å². The number of carbonyl (C=O) groups is 1. The third kappa shape index (κ3) is 1.70. The van der Waals surface area contributed by atoms with Crippen molar-refractivity contribution in [2.24, 2.45) is 0 Å². The van der Waals surface area contributed by atoms with E-state index in [1.165, 1.54) is 6.07 Å². The molecule has 1 aliphatic rings. The Labute approximate surface area is 94.1 Å². The van der Waals surface area contributed by atoms with Crippen molar-refractivity contribution in [3.63, 3.8) is 0 Å². The van der Waals surface area contributed by atoms with Gasteiger partial charge in [-0.2, -0.15) is 0 Å². The molecule has 16 heavy (non-hydrogen) atoms. The van der Waals surface area contributed by atoms with Crippen LogP contribution in [0.2, 0.25) is 0 Å². The summed E-state index contributed by atoms with van der Waals surface area (Å²) >= 11 is 0. The minimum atomic E-state index is -0.805. The zero-order valence-corrected chi connectivity index (χ0v) is 9.51. The van der Waals surface area contributed by atoms with Crippen LogP contribution in [0.1, 0.15) is 36.0 Å². The molecule has 1 N–H and O–H groups in total. The molecule has 0 heterocycles. The first-order valence-electron chi connectivity index (χ1n) is 5.44. The molecule has 0 aromatic heterocycles. The van der Waals surface area contributed by atoms with E-state index >= 15 is 0 Å². The molecule has 0 radical (unpaired) electrons. The Morgan fingerprint density at radius 2 is 2.06 bits per heavy atom. The van der Waals surface area contributed by atoms with Crippen LogP contribution in [0.15, 0.2) is 12.1 Å². The highest BCUT2D eigenvalue weighted by Gasteiger charge is 2.47. The van der Waals surface area contributed by atoms with Crippen LogP contribution in [0.3, 0.4) is 0 Å². The summed E-state index contributed by atoms with van der Waals surface area (Å²) in [6.07, 6.45) is 1.81. The second-order valence-corrected chi connectivity index (χ2v) is 4.72. The fraction of sp³-hybridized carbons (Fsp3) is 0.462. The summed E-state index contributed by atoms with van der Waals surface area (Å²) in [5.41, 5.74) is 2.22. The maximum Gasteiger partial charge on any atom is 0.304 e. The van der Waals surface area contributed by atoms with Gasteiger partial charge in [0.25, 0.3) is 0 Å². The maximum atomic E-state index is 13.5. The van der Waals surface area contributed by atoms with Crippen LogP contribution in [0.4, 0.5) is 4.39 Å². The van der Waals surface area contributed by atoms with Crippen LogP contribution in [0.25, 0.3) is 0 Å². The van der Waals surface area contributed by atoms with E-state index in [1.807, 2.05) is 6.92 Å². The summed E-state index contributed by atoms with van der Waals surface area (Å²) < 4.78 is 13.5. The van der Waals surface area contributed by atoms with E-state index in [1.54, 1.807) is 13.0 Å². The zero-order chi connectivity index (χ0) is 11.9. The Kier molecular flexibility index (Phi) is 2.49. The predicted octanol–water partition coefficient (Wildman–Crippen LogP) is 2.95. The van der Waals surface area contributed by atoms with Gasteiger partial charge in [0.05, 0.1) is 6.42 Å². The number of carboxylic acid groups (broad SMARTS) is 1. The number of benzene rings is 1. The lowest BCUT2D eigenvalue weighted by Gasteiger charge is -2.19. The molecule has 3 heteroatoms. The van der Waals surface area contributed by atoms with E-state index in [-0.39, 0.29) is 17.7 Å². The molecule has 1 fully saturated rings. The molecule has 0 atom stereocenters. The van der Waals surface area contributed by atoms with Crippen molar-refractivity contribution in [2.75, 3.05) is 0 Å². The van der Waals surface area contributed by atoms with E-state index in [0.29, 0.717) is 5.56 Å². The highest BCUT2D eigenvalue weighted by atomic mass is 19.1. The first-order valence-corrected chi connectivity index (χ1v) is 5.44. The molecule has 0 amide bonds. The van der Waals surface area contributed by atoms with Crippen molar-refractivity contribution in [1.29, 1.82) is 0 Å². The van der Waals surface area contributed by atoms with Gasteiger partial charge < -0.3 is 5.11 Å². The average Bonchev–Trinajstić information content (AvgIpc) is 2.92. The maximum absolute atomic E-state index is 13.5. The Morgan fingerprint density at radius 1 is 1.44 bits per heavy atom. The van der Waals surface area contributed by atoms with Crippen molar-refractivity contribution < 1.29 is 14.3 Å². The number of hydrogen-bond donors (Lipinski definition) is 1. The van der Waals surface area contributed by atoms with Gasteiger partial charge >= 0.3 is 5.97 Å². The number of halogens is 1. The minimum absolute atomic E-state index is 0.109. The molecule has 2 nitrogen and oxygen atoms in total. The van der Waals surface area contributed by atoms with Gasteiger partial charge in [0.2, 0.25) is 0 Å². The smallest absolute Gasteiger partial charge is 0.304 e. The molecular formula is C13H15FO2. The Bertz CT molecular complexity index is 447. The molecule has 86 valence electrons. The van der Waals surface area contributed by atoms with Crippen LogP contribution in [-0.2, 0) is 10.2 Å². The molecule has 0 saturated heterocycles. The minimum Gasteiger partial charge on any atom is -0.481 e. The lowest BCUT2D eigenvalue weighted by Crippen LogP contribution is -2.16. The summed E-state index contributed by atoms with van der Waals surface area (Å²) in [5, 5.41) is 8.91. The van der Waals surface area contributed by atoms with Gasteiger partial charge in [-0.05, 0) is 49.4 Å². The van der Waals surface area contributed by atoms with Crippen molar-refractivity contribution in [2.45, 2.75) is 38.5 Å². The topological polar surface area (TPSA) is 37.3 Å². The van der Waals surface area contributed by atoms with Crippen LogP contribution >= 0.6 is 0 Å². The summed E-state index contributed by atoms with van der Waals surface area (Å²) in [6, 6.07) is 3.19. The molecule has 0 aliphatic heterocycles. The predicted molar refractivity (Wildman–Crippen MR) is 59.0 cm³/mol. The van der Waals surface area contributed by atoms with Crippen molar-refractivity contribution in [3.8, 4) is 0 Å². The van der Waals surface area contributed by atoms with Gasteiger partial charge in [-0.15, -0.1) is 0 Å². The molecule has 1 aliphatic carbocycles. The zero-order valence-electron chi connectivity index (χ0n) is 9.51. The average molecular weight is 222 g/mol. The molecule has 0 unspecified atom stereocenters. The van der Waals surface area contributed by atoms with Crippen LogP contribution in [-0.4, -0.2) is 11.1 Å². The van der Waals surface area contributed by atoms with Crippen molar-refractivity contribution in [3.05, 3.63) is 34.6 Å². The quantitative estimate of drug-likeness (QED) is 0.853. The molecule has 0 bridgehead atoms. The van der Waals surface area contributed by atoms with Gasteiger partial charge in [0, 0.05) is 5.41 Å². The van der Waals surface area contributed by atoms with E-state index in [4.69, 9.17) is 5.11 Å². The second kappa shape index (κ2) is 3.58. The largest absolute Gasteiger partial charge is 0.481 e. The number of carboxylic acids is 1. The van der Waals surface area contributed by atoms with E-state index in [9.17, 15) is 9.18 Å². The van der Waals surface area contributed by atoms with Gasteiger partial charge in [0.1, 0.15) is 5.82 Å². The fourth-order valence-corrected chi connectivity index (χ4v) is 2.59. The fourth-order valence-electron chi connectivity index (χ4n) is 2.59. The first-order chi connectivity index (χ1) is 7.46. The van der Waals surface area contributed by atoms with Gasteiger partial charge in [-0.1, -0.05) is 6.07 Å². The highest BCUT2D eigenvalue weighted by molar-refractivity contribution is 5.70. The molecule has 2 rings (SSSR count). The Morgan fingerprint density at radius 3 is 2.56 bits per heavy atom. The second-order valence-electron chi connectivity index (χ2n) is 4.72. The molecule has 1 aromatic rings. The summed E-state index contributed by atoms with van der Waals surface area (Å²) in [5.74, 6) is -1.04. The third-order valence-electron chi connectivity index (χ3n) is 3.48. The summed E-state index contributed by atoms with van der Waals surface area (Å²) in [6.45, 7) is 3.66. The van der Waals surface area contributed by atoms with Crippen LogP contribution in [0.5, 0.6) is 0 Å². The lowest BCUT2D eigenvalue weighted by atomic mass is 9.85. The number of rotatable bonds is 3. The van der Waals surface area contributed by atoms with Gasteiger partial charge in [0.15, 0.2) is 0 Å². The van der Waals surface area contributed by atoms with Gasteiger partial charge in [-0.3, -0.25) is 4.79 Å². The third-order valence-corrected chi connectivity index (χ3v) is 3.48. The normalized spacial score (nSPS) is 17.2. The summed E-state index contributed by atoms with van der Waals surface area (Å²) in [7, 11) is 0. The Balaban J connectivity index is 2.48. The van der Waals surface area contributed by atoms with E-state index < -0.39 is 5.97 Å². The van der Waals surface area contributed by atoms with E-state index in [2.05, 4.69) is 0 Å². The SMILES string of the molecule is Cc1ccc(F)c(C)c1C1(CC(=O)O)CC1. The molecule has 0 spiro atoms. The molecule has 1 saturated carbocycles. The number of aliphatic carboxylic acids is 1. The number of hydrogen-bond acceptors (Lipinski definition) is 1. The van der Waals surface area contributed by atoms with Crippen LogP contribution in [0, 0.1) is 19.7 Å². The lowest BCUT2D eigenvalue weighted by molar-refractivity contribution is -0.137. The van der Waals surface area contributed by atoms with Crippen LogP contribution < -0.4 is 0 Å². The monoisotopic (exact) mass is 222 g/mol.